The normalized spacial score (nSPS) is 10.2. The van der Waals surface area contributed by atoms with Crippen molar-refractivity contribution in [3.63, 3.8) is 0 Å². The minimum absolute atomic E-state index is 0.107. The van der Waals surface area contributed by atoms with E-state index >= 15 is 0 Å². The zero-order valence-corrected chi connectivity index (χ0v) is 11.3. The summed E-state index contributed by atoms with van der Waals surface area (Å²) in [6.07, 6.45) is 2.47. The van der Waals surface area contributed by atoms with Gasteiger partial charge in [-0.3, -0.25) is 4.68 Å². The third-order valence-electron chi connectivity index (χ3n) is 2.80. The third-order valence-corrected chi connectivity index (χ3v) is 2.80. The zero-order chi connectivity index (χ0) is 14.4. The van der Waals surface area contributed by atoms with E-state index in [9.17, 15) is 9.59 Å². The molecule has 0 saturated carbocycles. The van der Waals surface area contributed by atoms with Gasteiger partial charge in [-0.25, -0.2) is 4.79 Å². The molecule has 0 aliphatic heterocycles. The summed E-state index contributed by atoms with van der Waals surface area (Å²) in [7, 11) is 0. The summed E-state index contributed by atoms with van der Waals surface area (Å²) in [6, 6.07) is 9.78. The van der Waals surface area contributed by atoms with Crippen LogP contribution in [-0.2, 0) is 22.5 Å². The fraction of sp³-hybridized carbons (Fsp3) is 0.267. The van der Waals surface area contributed by atoms with Crippen LogP contribution < -0.4 is 0 Å². The van der Waals surface area contributed by atoms with Gasteiger partial charge in [0.1, 0.15) is 11.8 Å². The Balaban J connectivity index is 2.24. The van der Waals surface area contributed by atoms with Gasteiger partial charge in [0.25, 0.3) is 0 Å². The van der Waals surface area contributed by atoms with Gasteiger partial charge in [0.2, 0.25) is 0 Å². The number of esters is 1. The summed E-state index contributed by atoms with van der Waals surface area (Å²) in [6.45, 7) is 2.58. The summed E-state index contributed by atoms with van der Waals surface area (Å²) >= 11 is 0. The van der Waals surface area contributed by atoms with Gasteiger partial charge >= 0.3 is 5.97 Å². The minimum Gasteiger partial charge on any atom is -0.462 e. The molecule has 1 aromatic heterocycles. The molecule has 0 saturated heterocycles. The van der Waals surface area contributed by atoms with Crippen molar-refractivity contribution in [1.29, 1.82) is 0 Å². The molecule has 0 radical (unpaired) electrons. The highest BCUT2D eigenvalue weighted by atomic mass is 16.5. The number of benzene rings is 1. The van der Waals surface area contributed by atoms with Crippen molar-refractivity contribution in [3.05, 3.63) is 53.3 Å². The SMILES string of the molecule is CCOC(=O)c1cn(Cc2ccccc2)nc1CC=O. The molecule has 0 bridgehead atoms. The standard InChI is InChI=1S/C15H16N2O3/c1-2-20-15(19)13-11-17(16-14(13)8-9-18)10-12-6-4-3-5-7-12/h3-7,9,11H,2,8,10H2,1H3. The molecule has 1 aromatic carbocycles. The largest absolute Gasteiger partial charge is 0.462 e. The van der Waals surface area contributed by atoms with Crippen molar-refractivity contribution in [2.45, 2.75) is 19.9 Å². The van der Waals surface area contributed by atoms with Crippen molar-refractivity contribution in [2.75, 3.05) is 6.61 Å². The first kappa shape index (κ1) is 14.0. The molecule has 5 heteroatoms. The predicted molar refractivity (Wildman–Crippen MR) is 73.5 cm³/mol. The predicted octanol–water partition coefficient (Wildman–Crippen LogP) is 1.85. The lowest BCUT2D eigenvalue weighted by molar-refractivity contribution is -0.107. The molecular formula is C15H16N2O3. The van der Waals surface area contributed by atoms with Crippen LogP contribution in [0.4, 0.5) is 0 Å². The molecule has 5 nitrogen and oxygen atoms in total. The number of rotatable bonds is 6. The minimum atomic E-state index is -0.441. The fourth-order valence-electron chi connectivity index (χ4n) is 1.92. The fourth-order valence-corrected chi connectivity index (χ4v) is 1.92. The average molecular weight is 272 g/mol. The van der Waals surface area contributed by atoms with E-state index in [0.717, 1.165) is 11.8 Å². The van der Waals surface area contributed by atoms with Gasteiger partial charge in [0, 0.05) is 12.6 Å². The van der Waals surface area contributed by atoms with Gasteiger partial charge < -0.3 is 9.53 Å². The number of nitrogens with zero attached hydrogens (tertiary/aromatic N) is 2. The van der Waals surface area contributed by atoms with Crippen LogP contribution >= 0.6 is 0 Å². The van der Waals surface area contributed by atoms with Crippen LogP contribution in [0.25, 0.3) is 0 Å². The maximum absolute atomic E-state index is 11.8. The van der Waals surface area contributed by atoms with Gasteiger partial charge in [0.05, 0.1) is 18.8 Å². The van der Waals surface area contributed by atoms with E-state index in [1.165, 1.54) is 0 Å². The Morgan fingerprint density at radius 2 is 2.10 bits per heavy atom. The zero-order valence-electron chi connectivity index (χ0n) is 11.3. The molecule has 2 aromatic rings. The quantitative estimate of drug-likeness (QED) is 0.594. The highest BCUT2D eigenvalue weighted by molar-refractivity contribution is 5.91. The second-order valence-corrected chi connectivity index (χ2v) is 4.26. The van der Waals surface area contributed by atoms with Crippen molar-refractivity contribution >= 4 is 12.3 Å². The molecule has 20 heavy (non-hydrogen) atoms. The van der Waals surface area contributed by atoms with Crippen molar-refractivity contribution in [1.82, 2.24) is 9.78 Å². The lowest BCUT2D eigenvalue weighted by Crippen LogP contribution is -2.06. The molecule has 0 aliphatic carbocycles. The van der Waals surface area contributed by atoms with Crippen LogP contribution in [0.2, 0.25) is 0 Å². The number of aldehydes is 1. The summed E-state index contributed by atoms with van der Waals surface area (Å²) in [5.41, 5.74) is 1.88. The first-order valence-corrected chi connectivity index (χ1v) is 6.45. The van der Waals surface area contributed by atoms with Gasteiger partial charge in [-0.1, -0.05) is 30.3 Å². The molecule has 0 aliphatic rings. The number of aromatic nitrogens is 2. The van der Waals surface area contributed by atoms with E-state index in [1.807, 2.05) is 30.3 Å². The highest BCUT2D eigenvalue weighted by Crippen LogP contribution is 2.11. The van der Waals surface area contributed by atoms with Crippen molar-refractivity contribution in [3.8, 4) is 0 Å². The Hall–Kier alpha value is -2.43. The lowest BCUT2D eigenvalue weighted by atomic mass is 10.2. The average Bonchev–Trinajstić information content (AvgIpc) is 2.83. The number of carbonyl (C=O) groups is 2. The van der Waals surface area contributed by atoms with Crippen LogP contribution in [0.1, 0.15) is 28.5 Å². The highest BCUT2D eigenvalue weighted by Gasteiger charge is 2.17. The summed E-state index contributed by atoms with van der Waals surface area (Å²) in [5, 5.41) is 4.28. The number of hydrogen-bond acceptors (Lipinski definition) is 4. The van der Waals surface area contributed by atoms with Gasteiger partial charge in [0.15, 0.2) is 0 Å². The lowest BCUT2D eigenvalue weighted by Gasteiger charge is -2.00. The monoisotopic (exact) mass is 272 g/mol. The van der Waals surface area contributed by atoms with Crippen LogP contribution in [0.15, 0.2) is 36.5 Å². The van der Waals surface area contributed by atoms with Crippen molar-refractivity contribution < 1.29 is 14.3 Å². The molecule has 2 rings (SSSR count). The van der Waals surface area contributed by atoms with Crippen LogP contribution in [-0.4, -0.2) is 28.6 Å². The van der Waals surface area contributed by atoms with Crippen LogP contribution in [0.5, 0.6) is 0 Å². The molecule has 0 spiro atoms. The topological polar surface area (TPSA) is 61.2 Å². The summed E-state index contributed by atoms with van der Waals surface area (Å²) in [5.74, 6) is -0.441. The molecule has 1 heterocycles. The first-order valence-electron chi connectivity index (χ1n) is 6.45. The third kappa shape index (κ3) is 3.32. The Morgan fingerprint density at radius 1 is 1.35 bits per heavy atom. The van der Waals surface area contributed by atoms with E-state index in [2.05, 4.69) is 5.10 Å². The van der Waals surface area contributed by atoms with E-state index in [4.69, 9.17) is 4.74 Å². The second-order valence-electron chi connectivity index (χ2n) is 4.26. The summed E-state index contributed by atoms with van der Waals surface area (Å²) < 4.78 is 6.62. The van der Waals surface area contributed by atoms with E-state index in [1.54, 1.807) is 17.8 Å². The van der Waals surface area contributed by atoms with Crippen LogP contribution in [0.3, 0.4) is 0 Å². The molecule has 0 N–H and O–H groups in total. The molecule has 0 fully saturated rings. The maximum Gasteiger partial charge on any atom is 0.341 e. The Kier molecular flexibility index (Phi) is 4.65. The van der Waals surface area contributed by atoms with Gasteiger partial charge in [-0.15, -0.1) is 0 Å². The number of ether oxygens (including phenoxy) is 1. The number of hydrogen-bond donors (Lipinski definition) is 0. The Morgan fingerprint density at radius 3 is 2.75 bits per heavy atom. The van der Waals surface area contributed by atoms with Crippen molar-refractivity contribution in [2.24, 2.45) is 0 Å². The molecule has 0 unspecified atom stereocenters. The van der Waals surface area contributed by atoms with E-state index in [0.29, 0.717) is 24.4 Å². The molecule has 104 valence electrons. The Bertz CT molecular complexity index is 590. The van der Waals surface area contributed by atoms with Crippen LogP contribution in [0, 0.1) is 0 Å². The smallest absolute Gasteiger partial charge is 0.341 e. The van der Waals surface area contributed by atoms with Gasteiger partial charge in [-0.05, 0) is 12.5 Å². The van der Waals surface area contributed by atoms with E-state index in [-0.39, 0.29) is 6.42 Å². The second kappa shape index (κ2) is 6.65. The number of carbonyl (C=O) groups excluding carboxylic acids is 2. The van der Waals surface area contributed by atoms with Gasteiger partial charge in [-0.2, -0.15) is 5.10 Å². The molecular weight excluding hydrogens is 256 g/mol. The molecule has 0 atom stereocenters. The molecule has 0 amide bonds. The first-order chi connectivity index (χ1) is 9.74. The summed E-state index contributed by atoms with van der Waals surface area (Å²) in [4.78, 5) is 22.5. The Labute approximate surface area is 117 Å². The van der Waals surface area contributed by atoms with E-state index < -0.39 is 5.97 Å². The maximum atomic E-state index is 11.8.